The molecule has 0 bridgehead atoms. The number of amides is 1. The molecule has 0 unspecified atom stereocenters. The molecule has 1 aromatic rings. The summed E-state index contributed by atoms with van der Waals surface area (Å²) in [4.78, 5) is 23.4. The summed E-state index contributed by atoms with van der Waals surface area (Å²) < 4.78 is 0.689. The van der Waals surface area contributed by atoms with Gasteiger partial charge in [-0.3, -0.25) is 9.59 Å². The molecule has 0 aliphatic heterocycles. The number of aryl methyl sites for hydroxylation is 1. The van der Waals surface area contributed by atoms with E-state index in [1.165, 1.54) is 13.1 Å². The molecule has 0 spiro atoms. The first-order chi connectivity index (χ1) is 8.42. The number of nitrogens with one attached hydrogen (secondary N) is 1. The van der Waals surface area contributed by atoms with Gasteiger partial charge in [0.1, 0.15) is 0 Å². The zero-order chi connectivity index (χ0) is 13.9. The van der Waals surface area contributed by atoms with Crippen molar-refractivity contribution in [3.05, 3.63) is 32.8 Å². The first-order valence-electron chi connectivity index (χ1n) is 5.03. The number of Topliss-reactive ketones (excluding diaryl/α,β-unsaturated/α-hetero) is 1. The van der Waals surface area contributed by atoms with E-state index in [-0.39, 0.29) is 5.56 Å². The van der Waals surface area contributed by atoms with Crippen molar-refractivity contribution in [3.8, 4) is 6.07 Å². The second-order valence-electron chi connectivity index (χ2n) is 3.63. The summed E-state index contributed by atoms with van der Waals surface area (Å²) in [5, 5.41) is 11.5. The van der Waals surface area contributed by atoms with Gasteiger partial charge < -0.3 is 5.32 Å². The highest BCUT2D eigenvalue weighted by Crippen LogP contribution is 2.28. The fraction of sp³-hybridized carbons (Fsp3) is 0.250. The van der Waals surface area contributed by atoms with Crippen LogP contribution < -0.4 is 5.32 Å². The first kappa shape index (κ1) is 14.7. The molecule has 1 N–H and O–H groups in total. The minimum atomic E-state index is -1.35. The van der Waals surface area contributed by atoms with Crippen LogP contribution in [0.2, 0.25) is 5.02 Å². The van der Waals surface area contributed by atoms with Crippen LogP contribution in [0.15, 0.2) is 16.6 Å². The van der Waals surface area contributed by atoms with Crippen molar-refractivity contribution in [2.75, 3.05) is 7.05 Å². The molecule has 0 radical (unpaired) electrons. The Labute approximate surface area is 118 Å². The highest BCUT2D eigenvalue weighted by atomic mass is 79.9. The van der Waals surface area contributed by atoms with Crippen molar-refractivity contribution in [1.82, 2.24) is 5.32 Å². The van der Waals surface area contributed by atoms with Crippen molar-refractivity contribution in [1.29, 1.82) is 5.26 Å². The molecule has 0 aromatic heterocycles. The summed E-state index contributed by atoms with van der Waals surface area (Å²) in [5.74, 6) is -2.54. The van der Waals surface area contributed by atoms with Crippen molar-refractivity contribution in [2.45, 2.75) is 6.92 Å². The molecule has 1 rings (SSSR count). The quantitative estimate of drug-likeness (QED) is 0.684. The minimum Gasteiger partial charge on any atom is -0.358 e. The fourth-order valence-corrected chi connectivity index (χ4v) is 1.91. The van der Waals surface area contributed by atoms with Crippen LogP contribution in [0.3, 0.4) is 0 Å². The van der Waals surface area contributed by atoms with Crippen molar-refractivity contribution in [3.63, 3.8) is 0 Å². The molecule has 0 aliphatic rings. The summed E-state index contributed by atoms with van der Waals surface area (Å²) in [6.07, 6.45) is 0. The molecule has 4 nitrogen and oxygen atoms in total. The Morgan fingerprint density at radius 1 is 1.50 bits per heavy atom. The zero-order valence-electron chi connectivity index (χ0n) is 9.75. The molecule has 0 saturated carbocycles. The van der Waals surface area contributed by atoms with E-state index < -0.39 is 17.6 Å². The third kappa shape index (κ3) is 2.89. The first-order valence-corrected chi connectivity index (χ1v) is 6.20. The topological polar surface area (TPSA) is 70.0 Å². The van der Waals surface area contributed by atoms with Crippen LogP contribution in [0.1, 0.15) is 15.9 Å². The third-order valence-corrected chi connectivity index (χ3v) is 3.97. The average molecular weight is 330 g/mol. The van der Waals surface area contributed by atoms with Gasteiger partial charge in [0.05, 0.1) is 11.1 Å². The lowest BCUT2D eigenvalue weighted by molar-refractivity contribution is -0.121. The number of carbonyl (C=O) groups excluding carboxylic acids is 2. The molecule has 0 heterocycles. The van der Waals surface area contributed by atoms with Crippen LogP contribution in [0.25, 0.3) is 0 Å². The maximum absolute atomic E-state index is 12.0. The molecule has 1 aromatic carbocycles. The van der Waals surface area contributed by atoms with E-state index >= 15 is 0 Å². The molecule has 0 aliphatic carbocycles. The Balaban J connectivity index is 3.19. The van der Waals surface area contributed by atoms with Gasteiger partial charge >= 0.3 is 0 Å². The van der Waals surface area contributed by atoms with E-state index in [2.05, 4.69) is 21.2 Å². The van der Waals surface area contributed by atoms with Crippen LogP contribution in [-0.4, -0.2) is 18.7 Å². The number of nitriles is 1. The van der Waals surface area contributed by atoms with Crippen molar-refractivity contribution < 1.29 is 9.59 Å². The summed E-state index contributed by atoms with van der Waals surface area (Å²) in [6, 6.07) is 4.72. The maximum Gasteiger partial charge on any atom is 0.245 e. The van der Waals surface area contributed by atoms with Gasteiger partial charge in [0.2, 0.25) is 5.91 Å². The molecule has 0 fully saturated rings. The lowest BCUT2D eigenvalue weighted by atomic mass is 9.97. The van der Waals surface area contributed by atoms with Gasteiger partial charge in [0.25, 0.3) is 0 Å². The number of hydrogen-bond donors (Lipinski definition) is 1. The van der Waals surface area contributed by atoms with Gasteiger partial charge in [-0.25, -0.2) is 0 Å². The summed E-state index contributed by atoms with van der Waals surface area (Å²) in [7, 11) is 1.37. The Morgan fingerprint density at radius 2 is 2.11 bits per heavy atom. The number of halogens is 2. The van der Waals surface area contributed by atoms with Crippen LogP contribution in [-0.2, 0) is 4.79 Å². The highest BCUT2D eigenvalue weighted by Gasteiger charge is 2.27. The van der Waals surface area contributed by atoms with E-state index in [1.807, 2.05) is 0 Å². The Hall–Kier alpha value is -1.38. The lowest BCUT2D eigenvalue weighted by Gasteiger charge is -2.09. The van der Waals surface area contributed by atoms with Crippen molar-refractivity contribution >= 4 is 39.2 Å². The predicted octanol–water partition coefficient (Wildman–Crippen LogP) is 2.48. The zero-order valence-corrected chi connectivity index (χ0v) is 12.1. The molecule has 1 atom stereocenters. The van der Waals surface area contributed by atoms with Gasteiger partial charge in [0.15, 0.2) is 11.7 Å². The number of benzene rings is 1. The Bertz CT molecular complexity index is 528. The number of ketones is 1. The average Bonchev–Trinajstić information content (AvgIpc) is 2.35. The second-order valence-corrected chi connectivity index (χ2v) is 4.83. The third-order valence-electron chi connectivity index (χ3n) is 2.39. The number of carbonyl (C=O) groups is 2. The van der Waals surface area contributed by atoms with Gasteiger partial charge in [0, 0.05) is 17.1 Å². The van der Waals surface area contributed by atoms with Gasteiger partial charge in [-0.15, -0.1) is 0 Å². The van der Waals surface area contributed by atoms with Crippen molar-refractivity contribution in [2.24, 2.45) is 5.92 Å². The maximum atomic E-state index is 12.0. The van der Waals surface area contributed by atoms with E-state index in [9.17, 15) is 9.59 Å². The molecule has 94 valence electrons. The smallest absolute Gasteiger partial charge is 0.245 e. The largest absolute Gasteiger partial charge is 0.358 e. The normalized spacial score (nSPS) is 11.5. The van der Waals surface area contributed by atoms with Crippen LogP contribution >= 0.6 is 27.5 Å². The lowest BCUT2D eigenvalue weighted by Crippen LogP contribution is -2.32. The minimum absolute atomic E-state index is 0.246. The number of hydrogen-bond acceptors (Lipinski definition) is 3. The second kappa shape index (κ2) is 5.98. The summed E-state index contributed by atoms with van der Waals surface area (Å²) in [6.45, 7) is 1.77. The molecular formula is C12H10BrClN2O2. The summed E-state index contributed by atoms with van der Waals surface area (Å²) >= 11 is 9.21. The SMILES string of the molecule is CNC(=O)[C@H](C#N)C(=O)c1cc(C)c(Br)c(Cl)c1. The molecule has 6 heteroatoms. The molecule has 0 saturated heterocycles. The van der Waals surface area contributed by atoms with Crippen LogP contribution in [0, 0.1) is 24.2 Å². The summed E-state index contributed by atoms with van der Waals surface area (Å²) in [5.41, 5.74) is 1.01. The van der Waals surface area contributed by atoms with Gasteiger partial charge in [-0.2, -0.15) is 5.26 Å². The molecular weight excluding hydrogens is 320 g/mol. The van der Waals surface area contributed by atoms with E-state index in [1.54, 1.807) is 19.1 Å². The van der Waals surface area contributed by atoms with E-state index in [4.69, 9.17) is 16.9 Å². The molecule has 1 amide bonds. The molecule has 18 heavy (non-hydrogen) atoms. The number of nitrogens with zero attached hydrogens (tertiary/aromatic N) is 1. The standard InChI is InChI=1S/C12H10BrClN2O2/c1-6-3-7(4-9(14)10(6)13)11(17)8(5-15)12(18)16-2/h3-4,8H,1-2H3,(H,16,18)/t8-/m1/s1. The van der Waals surface area contributed by atoms with E-state index in [0.29, 0.717) is 9.50 Å². The number of rotatable bonds is 3. The monoisotopic (exact) mass is 328 g/mol. The van der Waals surface area contributed by atoms with Gasteiger partial charge in [-0.1, -0.05) is 11.6 Å². The predicted molar refractivity (Wildman–Crippen MR) is 71.4 cm³/mol. The fourth-order valence-electron chi connectivity index (χ4n) is 1.42. The Morgan fingerprint density at radius 3 is 2.56 bits per heavy atom. The van der Waals surface area contributed by atoms with Gasteiger partial charge in [-0.05, 0) is 40.5 Å². The highest BCUT2D eigenvalue weighted by molar-refractivity contribution is 9.10. The van der Waals surface area contributed by atoms with Crippen LogP contribution in [0.4, 0.5) is 0 Å². The van der Waals surface area contributed by atoms with Crippen LogP contribution in [0.5, 0.6) is 0 Å². The van der Waals surface area contributed by atoms with E-state index in [0.717, 1.165) is 5.56 Å². The Kier molecular flexibility index (Phi) is 4.88.